The van der Waals surface area contributed by atoms with E-state index in [1.807, 2.05) is 17.5 Å². The van der Waals surface area contributed by atoms with Crippen LogP contribution in [0.15, 0.2) is 57.8 Å². The zero-order valence-corrected chi connectivity index (χ0v) is 15.9. The van der Waals surface area contributed by atoms with E-state index in [2.05, 4.69) is 15.5 Å². The lowest BCUT2D eigenvalue weighted by molar-refractivity contribution is -0.384. The topological polar surface area (TPSA) is 121 Å². The highest BCUT2D eigenvalue weighted by Crippen LogP contribution is 2.47. The summed E-state index contributed by atoms with van der Waals surface area (Å²) in [6.45, 7) is 0. The van der Waals surface area contributed by atoms with E-state index < -0.39 is 10.8 Å². The summed E-state index contributed by atoms with van der Waals surface area (Å²) in [5, 5.41) is 21.9. The smallest absolute Gasteiger partial charge is 0.270 e. The van der Waals surface area contributed by atoms with E-state index in [1.165, 1.54) is 12.1 Å². The van der Waals surface area contributed by atoms with Crippen molar-refractivity contribution in [1.82, 2.24) is 10.2 Å². The Hall–Kier alpha value is -3.46. The van der Waals surface area contributed by atoms with E-state index in [1.54, 1.807) is 23.5 Å². The van der Waals surface area contributed by atoms with Gasteiger partial charge in [-0.15, -0.1) is 11.3 Å². The molecule has 8 nitrogen and oxygen atoms in total. The Balaban J connectivity index is 1.67. The van der Waals surface area contributed by atoms with Gasteiger partial charge in [0.1, 0.15) is 5.82 Å². The van der Waals surface area contributed by atoms with Crippen molar-refractivity contribution in [3.05, 3.63) is 89.5 Å². The molecule has 9 heteroatoms. The summed E-state index contributed by atoms with van der Waals surface area (Å²) in [4.78, 5) is 37.7. The fourth-order valence-corrected chi connectivity index (χ4v) is 5.13. The van der Waals surface area contributed by atoms with Gasteiger partial charge in [0.15, 0.2) is 5.78 Å². The molecule has 0 spiro atoms. The molecule has 2 aliphatic rings. The quantitative estimate of drug-likeness (QED) is 0.451. The lowest BCUT2D eigenvalue weighted by Crippen LogP contribution is -2.31. The molecule has 2 aromatic heterocycles. The number of non-ortho nitro benzene ring substituents is 1. The highest BCUT2D eigenvalue weighted by molar-refractivity contribution is 7.10. The molecule has 3 heterocycles. The molecular weight excluding hydrogens is 392 g/mol. The van der Waals surface area contributed by atoms with Crippen molar-refractivity contribution in [3.63, 3.8) is 0 Å². The molecule has 146 valence electrons. The van der Waals surface area contributed by atoms with Crippen LogP contribution in [0.5, 0.6) is 0 Å². The number of ketones is 1. The van der Waals surface area contributed by atoms with Crippen LogP contribution in [0.25, 0.3) is 0 Å². The maximum atomic E-state index is 13.2. The standard InChI is InChI=1S/C20H16N4O4S/c25-14-9-11(15-5-2-6-29-15)8-13-17(14)16(18-19(21-13)22-23-20(18)26)10-3-1-4-12(7-10)24(27)28/h1-7,11,16H,8-9H2,(H3,21,22,23,26). The van der Waals surface area contributed by atoms with Gasteiger partial charge in [-0.2, -0.15) is 0 Å². The van der Waals surface area contributed by atoms with Crippen LogP contribution in [0, 0.1) is 10.1 Å². The number of carbonyl (C=O) groups is 1. The third-order valence-electron chi connectivity index (χ3n) is 5.54. The first-order valence-electron chi connectivity index (χ1n) is 9.14. The number of nitro groups is 1. The molecule has 3 aromatic rings. The fraction of sp³-hybridized carbons (Fsp3) is 0.200. The molecule has 0 amide bonds. The first-order chi connectivity index (χ1) is 14.0. The van der Waals surface area contributed by atoms with Gasteiger partial charge in [-0.25, -0.2) is 0 Å². The maximum Gasteiger partial charge on any atom is 0.270 e. The molecule has 2 atom stereocenters. The molecule has 0 saturated heterocycles. The Labute approximate surface area is 168 Å². The normalized spacial score (nSPS) is 20.8. The average Bonchev–Trinajstić information content (AvgIpc) is 3.37. The number of nitro benzene ring substituents is 1. The molecular formula is C20H16N4O4S. The molecule has 0 bridgehead atoms. The Bertz CT molecular complexity index is 1220. The molecule has 1 aromatic carbocycles. The van der Waals surface area contributed by atoms with Crippen LogP contribution in [0.3, 0.4) is 0 Å². The zero-order chi connectivity index (χ0) is 20.1. The van der Waals surface area contributed by atoms with Gasteiger partial charge in [0.25, 0.3) is 11.2 Å². The second-order valence-electron chi connectivity index (χ2n) is 7.21. The number of nitrogens with one attached hydrogen (secondary N) is 3. The first kappa shape index (κ1) is 17.6. The first-order valence-corrected chi connectivity index (χ1v) is 10.0. The number of hydrogen-bond acceptors (Lipinski definition) is 6. The van der Waals surface area contributed by atoms with E-state index in [4.69, 9.17) is 0 Å². The summed E-state index contributed by atoms with van der Waals surface area (Å²) in [5.74, 6) is -0.107. The number of carbonyl (C=O) groups excluding carboxylic acids is 1. The van der Waals surface area contributed by atoms with Gasteiger partial charge in [0.05, 0.1) is 10.5 Å². The van der Waals surface area contributed by atoms with Crippen molar-refractivity contribution >= 4 is 28.6 Å². The number of Topliss-reactive ketones (excluding diaryl/α,β-unsaturated/α-hetero) is 1. The summed E-state index contributed by atoms with van der Waals surface area (Å²) in [7, 11) is 0. The van der Waals surface area contributed by atoms with Gasteiger partial charge in [0, 0.05) is 46.5 Å². The molecule has 1 aliphatic carbocycles. The van der Waals surface area contributed by atoms with Gasteiger partial charge in [0.2, 0.25) is 0 Å². The number of aromatic nitrogens is 2. The van der Waals surface area contributed by atoms with Gasteiger partial charge >= 0.3 is 0 Å². The fourth-order valence-electron chi connectivity index (χ4n) is 4.30. The van der Waals surface area contributed by atoms with Gasteiger partial charge in [-0.3, -0.25) is 29.9 Å². The van der Waals surface area contributed by atoms with Crippen molar-refractivity contribution < 1.29 is 9.72 Å². The average molecular weight is 408 g/mol. The summed E-state index contributed by atoms with van der Waals surface area (Å²) in [6.07, 6.45) is 0.990. The van der Waals surface area contributed by atoms with Crippen molar-refractivity contribution in [3.8, 4) is 0 Å². The summed E-state index contributed by atoms with van der Waals surface area (Å²) in [6, 6.07) is 10.1. The number of allylic oxidation sites excluding steroid dienone is 2. The summed E-state index contributed by atoms with van der Waals surface area (Å²) in [5.41, 5.74) is 1.81. The monoisotopic (exact) mass is 408 g/mol. The van der Waals surface area contributed by atoms with Crippen LogP contribution < -0.4 is 10.9 Å². The van der Waals surface area contributed by atoms with Crippen LogP contribution in [0.4, 0.5) is 11.5 Å². The van der Waals surface area contributed by atoms with Gasteiger partial charge in [-0.05, 0) is 23.4 Å². The van der Waals surface area contributed by atoms with Crippen LogP contribution in [0.2, 0.25) is 0 Å². The molecule has 5 rings (SSSR count). The number of benzene rings is 1. The van der Waals surface area contributed by atoms with Crippen molar-refractivity contribution in [2.24, 2.45) is 0 Å². The number of anilines is 1. The number of aromatic amines is 2. The molecule has 29 heavy (non-hydrogen) atoms. The number of hydrogen-bond donors (Lipinski definition) is 3. The van der Waals surface area contributed by atoms with Gasteiger partial charge < -0.3 is 5.32 Å². The number of nitrogens with zero attached hydrogens (tertiary/aromatic N) is 1. The van der Waals surface area contributed by atoms with Crippen LogP contribution >= 0.6 is 11.3 Å². The lowest BCUT2D eigenvalue weighted by Gasteiger charge is -2.34. The maximum absolute atomic E-state index is 13.2. The number of H-pyrrole nitrogens is 2. The number of thiophene rings is 1. The van der Waals surface area contributed by atoms with Crippen molar-refractivity contribution in [2.75, 3.05) is 5.32 Å². The molecule has 0 radical (unpaired) electrons. The van der Waals surface area contributed by atoms with E-state index >= 15 is 0 Å². The molecule has 2 unspecified atom stereocenters. The Morgan fingerprint density at radius 1 is 1.10 bits per heavy atom. The van der Waals surface area contributed by atoms with Crippen LogP contribution in [-0.4, -0.2) is 20.9 Å². The lowest BCUT2D eigenvalue weighted by atomic mass is 9.74. The van der Waals surface area contributed by atoms with Crippen molar-refractivity contribution in [2.45, 2.75) is 24.7 Å². The van der Waals surface area contributed by atoms with Crippen molar-refractivity contribution in [1.29, 1.82) is 0 Å². The van der Waals surface area contributed by atoms with Crippen LogP contribution in [-0.2, 0) is 4.79 Å². The van der Waals surface area contributed by atoms with E-state index in [0.717, 1.165) is 10.6 Å². The SMILES string of the molecule is O=C1CC(c2cccs2)CC2=C1C(c1cccc([N+](=O)[O-])c1)c1c([nH][nH]c1=O)N2. The highest BCUT2D eigenvalue weighted by atomic mass is 32.1. The Kier molecular flexibility index (Phi) is 3.99. The number of fused-ring (bicyclic) bond motifs is 1. The molecule has 0 saturated carbocycles. The predicted molar refractivity (Wildman–Crippen MR) is 108 cm³/mol. The number of rotatable bonds is 3. The minimum absolute atomic E-state index is 0.0418. The third kappa shape index (κ3) is 2.82. The Morgan fingerprint density at radius 3 is 2.72 bits per heavy atom. The predicted octanol–water partition coefficient (Wildman–Crippen LogP) is 3.63. The summed E-state index contributed by atoms with van der Waals surface area (Å²) < 4.78 is 0. The highest BCUT2D eigenvalue weighted by Gasteiger charge is 2.40. The van der Waals surface area contributed by atoms with E-state index in [-0.39, 0.29) is 22.9 Å². The van der Waals surface area contributed by atoms with E-state index in [9.17, 15) is 19.7 Å². The van der Waals surface area contributed by atoms with Gasteiger partial charge in [-0.1, -0.05) is 18.2 Å². The molecule has 3 N–H and O–H groups in total. The zero-order valence-electron chi connectivity index (χ0n) is 15.1. The van der Waals surface area contributed by atoms with E-state index in [0.29, 0.717) is 35.4 Å². The minimum atomic E-state index is -0.645. The Morgan fingerprint density at radius 2 is 1.97 bits per heavy atom. The second kappa shape index (κ2) is 6.56. The second-order valence-corrected chi connectivity index (χ2v) is 8.19. The molecule has 0 fully saturated rings. The molecule has 1 aliphatic heterocycles. The van der Waals surface area contributed by atoms with Crippen LogP contribution in [0.1, 0.15) is 40.7 Å². The third-order valence-corrected chi connectivity index (χ3v) is 6.57. The largest absolute Gasteiger partial charge is 0.343 e. The summed E-state index contributed by atoms with van der Waals surface area (Å²) >= 11 is 1.62. The minimum Gasteiger partial charge on any atom is -0.343 e.